The lowest BCUT2D eigenvalue weighted by Crippen LogP contribution is -1.99. The second kappa shape index (κ2) is 5.30. The van der Waals surface area contributed by atoms with Crippen molar-refractivity contribution >= 4 is 11.6 Å². The van der Waals surface area contributed by atoms with E-state index in [1.54, 1.807) is 0 Å². The first kappa shape index (κ1) is 11.4. The maximum absolute atomic E-state index is 12.8. The Morgan fingerprint density at radius 1 is 1.21 bits per heavy atom. The lowest BCUT2D eigenvalue weighted by Gasteiger charge is -2.06. The summed E-state index contributed by atoms with van der Waals surface area (Å²) in [6, 6.07) is 3.58. The fraction of sp³-hybridized carbons (Fsp3) is 0.455. The van der Waals surface area contributed by atoms with Gasteiger partial charge in [-0.25, -0.2) is 8.78 Å². The third kappa shape index (κ3) is 3.62. The van der Waals surface area contributed by atoms with Gasteiger partial charge in [0.2, 0.25) is 0 Å². The number of alkyl halides is 1. The Hall–Kier alpha value is -0.630. The van der Waals surface area contributed by atoms with Crippen molar-refractivity contribution in [2.75, 3.05) is 0 Å². The zero-order chi connectivity index (χ0) is 10.6. The van der Waals surface area contributed by atoms with Crippen LogP contribution in [0.1, 0.15) is 25.3 Å². The summed E-state index contributed by atoms with van der Waals surface area (Å²) >= 11 is 5.91. The summed E-state index contributed by atoms with van der Waals surface area (Å²) in [5.74, 6) is -1.05. The van der Waals surface area contributed by atoms with E-state index in [0.717, 1.165) is 18.9 Å². The van der Waals surface area contributed by atoms with Crippen molar-refractivity contribution in [3.05, 3.63) is 35.4 Å². The van der Waals surface area contributed by atoms with Crippen molar-refractivity contribution in [2.24, 2.45) is 0 Å². The summed E-state index contributed by atoms with van der Waals surface area (Å²) in [5.41, 5.74) is 0.668. The van der Waals surface area contributed by atoms with Crippen molar-refractivity contribution < 1.29 is 8.78 Å². The standard InChI is InChI=1S/C11H13ClF2/c1-2-9(12)4-3-8-5-10(13)7-11(14)6-8/h5-7,9H,2-4H2,1H3. The number of halogens is 3. The van der Waals surface area contributed by atoms with Crippen LogP contribution in [-0.2, 0) is 6.42 Å². The normalized spacial score (nSPS) is 12.9. The predicted molar refractivity (Wildman–Crippen MR) is 54.6 cm³/mol. The van der Waals surface area contributed by atoms with Gasteiger partial charge in [0.1, 0.15) is 11.6 Å². The highest BCUT2D eigenvalue weighted by Gasteiger charge is 2.04. The Morgan fingerprint density at radius 3 is 2.29 bits per heavy atom. The molecule has 0 bridgehead atoms. The maximum Gasteiger partial charge on any atom is 0.126 e. The number of benzene rings is 1. The van der Waals surface area contributed by atoms with Gasteiger partial charge in [0, 0.05) is 11.4 Å². The SMILES string of the molecule is CCC(Cl)CCc1cc(F)cc(F)c1. The van der Waals surface area contributed by atoms with E-state index in [0.29, 0.717) is 12.0 Å². The smallest absolute Gasteiger partial charge is 0.126 e. The van der Waals surface area contributed by atoms with Crippen LogP contribution in [0.15, 0.2) is 18.2 Å². The number of hydrogen-bond donors (Lipinski definition) is 0. The molecule has 0 heterocycles. The minimum absolute atomic E-state index is 0.0846. The van der Waals surface area contributed by atoms with E-state index in [1.807, 2.05) is 6.92 Å². The molecule has 0 aliphatic heterocycles. The molecule has 14 heavy (non-hydrogen) atoms. The lowest BCUT2D eigenvalue weighted by molar-refractivity contribution is 0.578. The Morgan fingerprint density at radius 2 is 1.79 bits per heavy atom. The third-order valence-corrected chi connectivity index (χ3v) is 2.64. The molecule has 1 unspecified atom stereocenters. The minimum Gasteiger partial charge on any atom is -0.207 e. The first-order valence-electron chi connectivity index (χ1n) is 4.71. The van der Waals surface area contributed by atoms with E-state index >= 15 is 0 Å². The fourth-order valence-corrected chi connectivity index (χ4v) is 1.39. The Labute approximate surface area is 87.9 Å². The van der Waals surface area contributed by atoms with Crippen LogP contribution in [0.2, 0.25) is 0 Å². The van der Waals surface area contributed by atoms with E-state index in [-0.39, 0.29) is 5.38 Å². The van der Waals surface area contributed by atoms with Gasteiger partial charge in [0.25, 0.3) is 0 Å². The molecule has 1 aromatic carbocycles. The van der Waals surface area contributed by atoms with Gasteiger partial charge in [-0.05, 0) is 37.0 Å². The van der Waals surface area contributed by atoms with Gasteiger partial charge >= 0.3 is 0 Å². The van der Waals surface area contributed by atoms with Crippen LogP contribution in [0.5, 0.6) is 0 Å². The molecule has 0 aromatic heterocycles. The van der Waals surface area contributed by atoms with Gasteiger partial charge < -0.3 is 0 Å². The molecule has 0 nitrogen and oxygen atoms in total. The van der Waals surface area contributed by atoms with Crippen molar-refractivity contribution in [3.63, 3.8) is 0 Å². The second-order valence-electron chi connectivity index (χ2n) is 3.32. The van der Waals surface area contributed by atoms with E-state index in [9.17, 15) is 8.78 Å². The van der Waals surface area contributed by atoms with Gasteiger partial charge in [-0.3, -0.25) is 0 Å². The van der Waals surface area contributed by atoms with Crippen LogP contribution in [0, 0.1) is 11.6 Å². The largest absolute Gasteiger partial charge is 0.207 e. The molecule has 0 amide bonds. The first-order chi connectivity index (χ1) is 6.61. The van der Waals surface area contributed by atoms with Gasteiger partial charge in [-0.1, -0.05) is 6.92 Å². The van der Waals surface area contributed by atoms with Gasteiger partial charge in [0.05, 0.1) is 0 Å². The number of rotatable bonds is 4. The molecular formula is C11H13ClF2. The Balaban J connectivity index is 2.58. The second-order valence-corrected chi connectivity index (χ2v) is 3.94. The van der Waals surface area contributed by atoms with Crippen molar-refractivity contribution in [1.82, 2.24) is 0 Å². The van der Waals surface area contributed by atoms with Gasteiger partial charge in [0.15, 0.2) is 0 Å². The molecule has 0 saturated heterocycles. The molecule has 1 atom stereocenters. The van der Waals surface area contributed by atoms with Gasteiger partial charge in [-0.15, -0.1) is 11.6 Å². The van der Waals surface area contributed by atoms with Crippen molar-refractivity contribution in [2.45, 2.75) is 31.6 Å². The quantitative estimate of drug-likeness (QED) is 0.672. The summed E-state index contributed by atoms with van der Waals surface area (Å²) in [6.45, 7) is 1.99. The molecule has 0 spiro atoms. The summed E-state index contributed by atoms with van der Waals surface area (Å²) in [4.78, 5) is 0. The summed E-state index contributed by atoms with van der Waals surface area (Å²) in [7, 11) is 0. The topological polar surface area (TPSA) is 0 Å². The molecule has 0 fully saturated rings. The molecule has 1 rings (SSSR count). The van der Waals surface area contributed by atoms with E-state index in [2.05, 4.69) is 0 Å². The Bertz CT molecular complexity index is 279. The van der Waals surface area contributed by atoms with Crippen molar-refractivity contribution in [3.8, 4) is 0 Å². The molecule has 0 aliphatic carbocycles. The third-order valence-electron chi connectivity index (χ3n) is 2.11. The minimum atomic E-state index is -0.525. The number of hydrogen-bond acceptors (Lipinski definition) is 0. The number of aryl methyl sites for hydroxylation is 1. The molecule has 1 aromatic rings. The van der Waals surface area contributed by atoms with Crippen LogP contribution in [0.4, 0.5) is 8.78 Å². The highest BCUT2D eigenvalue weighted by atomic mass is 35.5. The first-order valence-corrected chi connectivity index (χ1v) is 5.14. The monoisotopic (exact) mass is 218 g/mol. The molecule has 3 heteroatoms. The van der Waals surface area contributed by atoms with Gasteiger partial charge in [-0.2, -0.15) is 0 Å². The molecule has 0 saturated carbocycles. The highest BCUT2D eigenvalue weighted by Crippen LogP contribution is 2.14. The Kier molecular flexibility index (Phi) is 4.33. The zero-order valence-corrected chi connectivity index (χ0v) is 8.82. The summed E-state index contributed by atoms with van der Waals surface area (Å²) in [5, 5.41) is 0.0846. The molecule has 0 aliphatic rings. The van der Waals surface area contributed by atoms with Crippen LogP contribution >= 0.6 is 11.6 Å². The van der Waals surface area contributed by atoms with Crippen LogP contribution in [0.25, 0.3) is 0 Å². The fourth-order valence-electron chi connectivity index (χ4n) is 1.28. The van der Waals surface area contributed by atoms with E-state index < -0.39 is 11.6 Å². The van der Waals surface area contributed by atoms with Crippen molar-refractivity contribution in [1.29, 1.82) is 0 Å². The summed E-state index contributed by atoms with van der Waals surface area (Å²) in [6.07, 6.45) is 2.25. The van der Waals surface area contributed by atoms with Crippen LogP contribution in [-0.4, -0.2) is 5.38 Å². The zero-order valence-electron chi connectivity index (χ0n) is 8.06. The molecule has 78 valence electrons. The van der Waals surface area contributed by atoms with E-state index in [4.69, 9.17) is 11.6 Å². The van der Waals surface area contributed by atoms with Crippen LogP contribution in [0.3, 0.4) is 0 Å². The highest BCUT2D eigenvalue weighted by molar-refractivity contribution is 6.20. The molecule has 0 radical (unpaired) electrons. The summed E-state index contributed by atoms with van der Waals surface area (Å²) < 4.78 is 25.5. The van der Waals surface area contributed by atoms with E-state index in [1.165, 1.54) is 12.1 Å². The average Bonchev–Trinajstić information content (AvgIpc) is 2.12. The predicted octanol–water partition coefficient (Wildman–Crippen LogP) is 3.91. The molecular weight excluding hydrogens is 206 g/mol. The lowest BCUT2D eigenvalue weighted by atomic mass is 10.1. The maximum atomic E-state index is 12.8. The molecule has 0 N–H and O–H groups in total. The van der Waals surface area contributed by atoms with Crippen LogP contribution < -0.4 is 0 Å². The average molecular weight is 219 g/mol.